The zero-order valence-corrected chi connectivity index (χ0v) is 13.8. The third-order valence-electron chi connectivity index (χ3n) is 4.69. The van der Waals surface area contributed by atoms with E-state index in [1.54, 1.807) is 0 Å². The first-order valence-corrected chi connectivity index (χ1v) is 7.63. The van der Waals surface area contributed by atoms with Gasteiger partial charge in [-0.3, -0.25) is 4.90 Å². The minimum absolute atomic E-state index is 0.112. The van der Waals surface area contributed by atoms with Gasteiger partial charge in [0.15, 0.2) is 0 Å². The molecule has 3 nitrogen and oxygen atoms in total. The third-order valence-corrected chi connectivity index (χ3v) is 5.35. The first-order valence-electron chi connectivity index (χ1n) is 6.87. The number of benzene rings is 1. The van der Waals surface area contributed by atoms with Crippen molar-refractivity contribution >= 4 is 29.2 Å². The molecule has 0 bridgehead atoms. The summed E-state index contributed by atoms with van der Waals surface area (Å²) in [6.45, 7) is 4.91. The van der Waals surface area contributed by atoms with Crippen LogP contribution in [0.25, 0.3) is 0 Å². The molecule has 2 aliphatic heterocycles. The highest BCUT2D eigenvalue weighted by Crippen LogP contribution is 2.61. The summed E-state index contributed by atoms with van der Waals surface area (Å²) in [5.41, 5.74) is 2.71. The molecule has 112 valence electrons. The van der Waals surface area contributed by atoms with Crippen LogP contribution in [0.2, 0.25) is 10.0 Å². The van der Waals surface area contributed by atoms with Crippen LogP contribution < -0.4 is 0 Å². The highest BCUT2D eigenvalue weighted by molar-refractivity contribution is 6.36. The molecule has 1 unspecified atom stereocenters. The molecule has 21 heavy (non-hydrogen) atoms. The number of nitrogens with zero attached hydrogens (tertiary/aromatic N) is 1. The van der Waals surface area contributed by atoms with E-state index in [4.69, 9.17) is 27.9 Å². The second-order valence-corrected chi connectivity index (χ2v) is 6.63. The standard InChI is InChI=1S/C16H17Cl2NO2/c1-9-7-16(15(20)21-3)14(19(16)8-10(9)2)13-11(17)5-4-6-12(13)18/h4-6,14H,7-8H2,1-3H3/t14-,16-,19?/m1/s1. The van der Waals surface area contributed by atoms with Crippen LogP contribution in [0.1, 0.15) is 31.9 Å². The maximum atomic E-state index is 12.4. The van der Waals surface area contributed by atoms with Crippen LogP contribution >= 0.6 is 23.2 Å². The average Bonchev–Trinajstić information content (AvgIpc) is 3.06. The van der Waals surface area contributed by atoms with Crippen molar-refractivity contribution in [1.29, 1.82) is 0 Å². The summed E-state index contributed by atoms with van der Waals surface area (Å²) < 4.78 is 5.06. The summed E-state index contributed by atoms with van der Waals surface area (Å²) in [7, 11) is 1.43. The summed E-state index contributed by atoms with van der Waals surface area (Å²) in [6.07, 6.45) is 0.664. The normalized spacial score (nSPS) is 30.9. The monoisotopic (exact) mass is 325 g/mol. The number of hydrogen-bond acceptors (Lipinski definition) is 3. The van der Waals surface area contributed by atoms with E-state index in [2.05, 4.69) is 18.7 Å². The number of fused-ring (bicyclic) bond motifs is 1. The smallest absolute Gasteiger partial charge is 0.328 e. The molecule has 0 spiro atoms. The quantitative estimate of drug-likeness (QED) is 0.467. The molecule has 1 fully saturated rings. The molecule has 2 aliphatic rings. The lowest BCUT2D eigenvalue weighted by atomic mass is 9.89. The number of hydrogen-bond donors (Lipinski definition) is 0. The van der Waals surface area contributed by atoms with E-state index in [0.717, 1.165) is 12.1 Å². The van der Waals surface area contributed by atoms with Crippen LogP contribution in [-0.2, 0) is 9.53 Å². The van der Waals surface area contributed by atoms with Gasteiger partial charge in [0.1, 0.15) is 5.54 Å². The lowest BCUT2D eigenvalue weighted by molar-refractivity contribution is -0.145. The topological polar surface area (TPSA) is 29.3 Å². The van der Waals surface area contributed by atoms with Gasteiger partial charge in [0.05, 0.1) is 13.2 Å². The predicted octanol–water partition coefficient (Wildman–Crippen LogP) is 4.00. The van der Waals surface area contributed by atoms with Crippen LogP contribution in [-0.4, -0.2) is 30.1 Å². The Morgan fingerprint density at radius 2 is 1.90 bits per heavy atom. The van der Waals surface area contributed by atoms with Crippen molar-refractivity contribution in [1.82, 2.24) is 4.90 Å². The van der Waals surface area contributed by atoms with E-state index in [1.165, 1.54) is 18.3 Å². The van der Waals surface area contributed by atoms with Crippen LogP contribution in [0.3, 0.4) is 0 Å². The van der Waals surface area contributed by atoms with Crippen molar-refractivity contribution in [2.45, 2.75) is 31.8 Å². The van der Waals surface area contributed by atoms with Gasteiger partial charge in [-0.2, -0.15) is 0 Å². The lowest BCUT2D eigenvalue weighted by Gasteiger charge is -2.22. The van der Waals surface area contributed by atoms with Gasteiger partial charge >= 0.3 is 5.97 Å². The van der Waals surface area contributed by atoms with E-state index >= 15 is 0 Å². The van der Waals surface area contributed by atoms with Gasteiger partial charge in [0.2, 0.25) is 0 Å². The summed E-state index contributed by atoms with van der Waals surface area (Å²) >= 11 is 12.7. The van der Waals surface area contributed by atoms with Crippen LogP contribution in [0.4, 0.5) is 0 Å². The molecule has 0 aromatic heterocycles. The van der Waals surface area contributed by atoms with Gasteiger partial charge < -0.3 is 4.74 Å². The largest absolute Gasteiger partial charge is 0.468 e. The summed E-state index contributed by atoms with van der Waals surface area (Å²) in [5, 5.41) is 1.20. The molecule has 1 saturated heterocycles. The molecule has 0 saturated carbocycles. The Balaban J connectivity index is 2.08. The highest BCUT2D eigenvalue weighted by Gasteiger charge is 2.70. The first kappa shape index (κ1) is 14.9. The van der Waals surface area contributed by atoms with E-state index in [-0.39, 0.29) is 12.0 Å². The van der Waals surface area contributed by atoms with Gasteiger partial charge in [-0.15, -0.1) is 0 Å². The third kappa shape index (κ3) is 2.02. The Morgan fingerprint density at radius 3 is 2.48 bits per heavy atom. The molecule has 2 heterocycles. The molecule has 3 rings (SSSR count). The van der Waals surface area contributed by atoms with E-state index in [9.17, 15) is 4.79 Å². The fourth-order valence-corrected chi connectivity index (χ4v) is 4.01. The van der Waals surface area contributed by atoms with Crippen LogP contribution in [0.5, 0.6) is 0 Å². The summed E-state index contributed by atoms with van der Waals surface area (Å²) in [5.74, 6) is -0.213. The molecule has 0 N–H and O–H groups in total. The van der Waals surface area contributed by atoms with Crippen molar-refractivity contribution in [3.8, 4) is 0 Å². The van der Waals surface area contributed by atoms with Crippen LogP contribution in [0.15, 0.2) is 29.3 Å². The maximum Gasteiger partial charge on any atom is 0.328 e. The Labute approximate surface area is 134 Å². The molecule has 0 amide bonds. The second-order valence-electron chi connectivity index (χ2n) is 5.82. The molecule has 5 heteroatoms. The fraction of sp³-hybridized carbons (Fsp3) is 0.438. The van der Waals surface area contributed by atoms with Gasteiger partial charge in [0.25, 0.3) is 0 Å². The molecule has 1 aromatic rings. The number of halogens is 2. The zero-order chi connectivity index (χ0) is 15.4. The van der Waals surface area contributed by atoms with Gasteiger partial charge in [-0.25, -0.2) is 4.79 Å². The van der Waals surface area contributed by atoms with Crippen molar-refractivity contribution < 1.29 is 9.53 Å². The minimum Gasteiger partial charge on any atom is -0.468 e. The molecule has 0 radical (unpaired) electrons. The molecular formula is C16H17Cl2NO2. The average molecular weight is 326 g/mol. The van der Waals surface area contributed by atoms with E-state index in [1.807, 2.05) is 18.2 Å². The minimum atomic E-state index is -0.646. The van der Waals surface area contributed by atoms with Crippen LogP contribution in [0, 0.1) is 0 Å². The SMILES string of the molecule is COC(=O)[C@]12CC(C)=C(C)CN1[C@@H]2c1c(Cl)cccc1Cl. The number of carbonyl (C=O) groups is 1. The summed E-state index contributed by atoms with van der Waals surface area (Å²) in [6, 6.07) is 5.33. The molecule has 0 aliphatic carbocycles. The molecule has 1 aromatic carbocycles. The summed E-state index contributed by atoms with van der Waals surface area (Å²) in [4.78, 5) is 14.5. The maximum absolute atomic E-state index is 12.4. The van der Waals surface area contributed by atoms with Gasteiger partial charge in [-0.05, 0) is 32.4 Å². The van der Waals surface area contributed by atoms with Crippen molar-refractivity contribution in [2.75, 3.05) is 13.7 Å². The Morgan fingerprint density at radius 1 is 1.29 bits per heavy atom. The first-order chi connectivity index (χ1) is 9.93. The number of methoxy groups -OCH3 is 1. The number of ether oxygens (including phenoxy) is 1. The second kappa shape index (κ2) is 5.01. The number of esters is 1. The van der Waals surface area contributed by atoms with Crippen molar-refractivity contribution in [2.24, 2.45) is 0 Å². The van der Waals surface area contributed by atoms with Crippen molar-refractivity contribution in [3.05, 3.63) is 45.0 Å². The predicted molar refractivity (Wildman–Crippen MR) is 83.6 cm³/mol. The molecular weight excluding hydrogens is 309 g/mol. The van der Waals surface area contributed by atoms with Gasteiger partial charge in [0, 0.05) is 22.2 Å². The fourth-order valence-electron chi connectivity index (χ4n) is 3.41. The zero-order valence-electron chi connectivity index (χ0n) is 12.2. The van der Waals surface area contributed by atoms with Gasteiger partial charge in [-0.1, -0.05) is 40.4 Å². The van der Waals surface area contributed by atoms with Crippen molar-refractivity contribution in [3.63, 3.8) is 0 Å². The lowest BCUT2D eigenvalue weighted by Crippen LogP contribution is -2.35. The number of rotatable bonds is 2. The van der Waals surface area contributed by atoms with E-state index < -0.39 is 5.54 Å². The van der Waals surface area contributed by atoms with E-state index in [0.29, 0.717) is 16.5 Å². The number of carbonyl (C=O) groups excluding carboxylic acids is 1. The Hall–Kier alpha value is -1.03. The highest BCUT2D eigenvalue weighted by atomic mass is 35.5. The Kier molecular flexibility index (Phi) is 3.55. The molecule has 3 atom stereocenters. The Bertz CT molecular complexity index is 635.